The van der Waals surface area contributed by atoms with Crippen LogP contribution in [0.3, 0.4) is 0 Å². The molecule has 39 heavy (non-hydrogen) atoms. The molecule has 0 radical (unpaired) electrons. The van der Waals surface area contributed by atoms with E-state index in [9.17, 15) is 18.7 Å². The van der Waals surface area contributed by atoms with Crippen LogP contribution in [0.2, 0.25) is 0 Å². The molecule has 0 saturated heterocycles. The van der Waals surface area contributed by atoms with Crippen molar-refractivity contribution in [3.05, 3.63) is 98.6 Å². The van der Waals surface area contributed by atoms with Gasteiger partial charge in [0.25, 0.3) is 0 Å². The number of amides is 1. The monoisotopic (exact) mass is 650 g/mol. The molecule has 0 aromatic heterocycles. The Hall–Kier alpha value is -2.56. The molecular formula is C31H37F2IN2O3. The lowest BCUT2D eigenvalue weighted by molar-refractivity contribution is -0.131. The third-order valence-electron chi connectivity index (χ3n) is 6.55. The van der Waals surface area contributed by atoms with E-state index in [1.54, 1.807) is 0 Å². The van der Waals surface area contributed by atoms with E-state index in [-0.39, 0.29) is 18.9 Å². The van der Waals surface area contributed by atoms with Gasteiger partial charge in [-0.3, -0.25) is 4.79 Å². The number of rotatable bonds is 14. The van der Waals surface area contributed by atoms with Crippen molar-refractivity contribution in [2.75, 3.05) is 13.2 Å². The van der Waals surface area contributed by atoms with E-state index in [0.29, 0.717) is 31.6 Å². The first-order valence-corrected chi connectivity index (χ1v) is 14.2. The number of aliphatic hydroxyl groups is 1. The first-order chi connectivity index (χ1) is 18.5. The third-order valence-corrected chi connectivity index (χ3v) is 7.22. The van der Waals surface area contributed by atoms with Crippen molar-refractivity contribution in [1.29, 1.82) is 0 Å². The van der Waals surface area contributed by atoms with Gasteiger partial charge in [-0.2, -0.15) is 0 Å². The summed E-state index contributed by atoms with van der Waals surface area (Å²) in [6.07, 6.45) is 0.323. The minimum absolute atomic E-state index is 0.0824. The molecule has 5 nitrogen and oxygen atoms in total. The van der Waals surface area contributed by atoms with Gasteiger partial charge >= 0.3 is 0 Å². The Morgan fingerprint density at radius 1 is 1.03 bits per heavy atom. The van der Waals surface area contributed by atoms with Crippen LogP contribution in [0, 0.1) is 27.5 Å². The summed E-state index contributed by atoms with van der Waals surface area (Å²) in [4.78, 5) is 13.3. The quantitative estimate of drug-likeness (QED) is 0.149. The highest BCUT2D eigenvalue weighted by molar-refractivity contribution is 14.1. The van der Waals surface area contributed by atoms with Gasteiger partial charge in [0.1, 0.15) is 17.4 Å². The van der Waals surface area contributed by atoms with Gasteiger partial charge in [-0.05, 0) is 102 Å². The Labute approximate surface area is 243 Å². The van der Waals surface area contributed by atoms with Crippen LogP contribution in [0.4, 0.5) is 8.78 Å². The van der Waals surface area contributed by atoms with Gasteiger partial charge in [-0.1, -0.05) is 38.1 Å². The minimum Gasteiger partial charge on any atom is -0.494 e. The molecule has 1 amide bonds. The van der Waals surface area contributed by atoms with Crippen molar-refractivity contribution >= 4 is 28.5 Å². The molecule has 3 N–H and O–H groups in total. The summed E-state index contributed by atoms with van der Waals surface area (Å²) in [6.45, 7) is 6.89. The second kappa shape index (κ2) is 14.7. The van der Waals surface area contributed by atoms with Crippen molar-refractivity contribution in [1.82, 2.24) is 10.6 Å². The Kier molecular flexibility index (Phi) is 11.7. The zero-order valence-corrected chi connectivity index (χ0v) is 24.8. The lowest BCUT2D eigenvalue weighted by Gasteiger charge is -2.30. The molecule has 3 aromatic rings. The highest BCUT2D eigenvalue weighted by Crippen LogP contribution is 2.24. The molecule has 0 saturated carbocycles. The van der Waals surface area contributed by atoms with Gasteiger partial charge in [0.15, 0.2) is 0 Å². The highest BCUT2D eigenvalue weighted by atomic mass is 127. The predicted octanol–water partition coefficient (Wildman–Crippen LogP) is 5.94. The summed E-state index contributed by atoms with van der Waals surface area (Å²) >= 11 is 2.24. The number of carbonyl (C=O) groups excluding carboxylic acids is 1. The number of benzene rings is 3. The molecule has 0 unspecified atom stereocenters. The number of hydrogen-bond acceptors (Lipinski definition) is 4. The van der Waals surface area contributed by atoms with Crippen LogP contribution in [0.25, 0.3) is 0 Å². The average Bonchev–Trinajstić information content (AvgIpc) is 2.85. The summed E-state index contributed by atoms with van der Waals surface area (Å²) in [5.74, 6) is -0.845. The maximum atomic E-state index is 13.9. The van der Waals surface area contributed by atoms with Crippen molar-refractivity contribution in [3.63, 3.8) is 0 Å². The molecule has 0 spiro atoms. The normalized spacial score (nSPS) is 13.1. The summed E-state index contributed by atoms with van der Waals surface area (Å²) < 4.78 is 34.6. The van der Waals surface area contributed by atoms with Gasteiger partial charge < -0.3 is 20.5 Å². The second-order valence-corrected chi connectivity index (χ2v) is 11.8. The van der Waals surface area contributed by atoms with Crippen LogP contribution in [-0.2, 0) is 17.8 Å². The zero-order valence-electron chi connectivity index (χ0n) is 22.6. The summed E-state index contributed by atoms with van der Waals surface area (Å²) in [6, 6.07) is 18.3. The topological polar surface area (TPSA) is 70.6 Å². The standard InChI is InChI=1S/C31H37F2IN2O3/c1-21-7-4-10-27(13-21)39-12-6-11-31(2,3)30(38)36-28(17-23-14-24(32)18-25(33)15-23)29(37)20-35-19-22-8-5-9-26(34)16-22/h4-5,7-10,13-16,18,28-29,35,37H,6,11-12,17,19-20H2,1-3H3,(H,36,38)/t28-,29+/m0/s1. The van der Waals surface area contributed by atoms with Crippen LogP contribution in [-0.4, -0.2) is 36.3 Å². The highest BCUT2D eigenvalue weighted by Gasteiger charge is 2.31. The van der Waals surface area contributed by atoms with Crippen LogP contribution >= 0.6 is 22.6 Å². The molecule has 0 heterocycles. The predicted molar refractivity (Wildman–Crippen MR) is 159 cm³/mol. The van der Waals surface area contributed by atoms with Crippen LogP contribution < -0.4 is 15.4 Å². The maximum absolute atomic E-state index is 13.9. The molecule has 210 valence electrons. The molecule has 0 aliphatic rings. The molecule has 0 aliphatic carbocycles. The number of nitrogens with one attached hydrogen (secondary N) is 2. The van der Waals surface area contributed by atoms with Gasteiger partial charge in [-0.25, -0.2) is 8.78 Å². The zero-order chi connectivity index (χ0) is 28.4. The number of halogens is 3. The first-order valence-electron chi connectivity index (χ1n) is 13.1. The average molecular weight is 651 g/mol. The van der Waals surface area contributed by atoms with E-state index in [0.717, 1.165) is 26.5 Å². The van der Waals surface area contributed by atoms with E-state index in [4.69, 9.17) is 4.74 Å². The molecular weight excluding hydrogens is 613 g/mol. The molecule has 0 bridgehead atoms. The number of hydrogen-bond donors (Lipinski definition) is 3. The smallest absolute Gasteiger partial charge is 0.225 e. The molecule has 0 aliphatic heterocycles. The fourth-order valence-corrected chi connectivity index (χ4v) is 4.91. The van der Waals surface area contributed by atoms with Crippen molar-refractivity contribution < 1.29 is 23.4 Å². The fourth-order valence-electron chi connectivity index (χ4n) is 4.31. The van der Waals surface area contributed by atoms with Gasteiger partial charge in [0.2, 0.25) is 5.91 Å². The Morgan fingerprint density at radius 3 is 2.44 bits per heavy atom. The lowest BCUT2D eigenvalue weighted by Crippen LogP contribution is -2.52. The third kappa shape index (κ3) is 10.5. The Balaban J connectivity index is 1.61. The Bertz CT molecular complexity index is 1220. The van der Waals surface area contributed by atoms with Crippen molar-refractivity contribution in [3.8, 4) is 5.75 Å². The summed E-state index contributed by atoms with van der Waals surface area (Å²) in [5, 5.41) is 17.2. The van der Waals surface area contributed by atoms with Crippen LogP contribution in [0.1, 0.15) is 43.4 Å². The second-order valence-electron chi connectivity index (χ2n) is 10.5. The van der Waals surface area contributed by atoms with E-state index >= 15 is 0 Å². The number of aliphatic hydroxyl groups excluding tert-OH is 1. The van der Waals surface area contributed by atoms with Gasteiger partial charge in [-0.15, -0.1) is 0 Å². The summed E-state index contributed by atoms with van der Waals surface area (Å²) in [5.41, 5.74) is 1.80. The van der Waals surface area contributed by atoms with E-state index in [1.807, 2.05) is 69.3 Å². The molecule has 2 atom stereocenters. The molecule has 0 fully saturated rings. The molecule has 3 aromatic carbocycles. The summed E-state index contributed by atoms with van der Waals surface area (Å²) in [7, 11) is 0. The fraction of sp³-hybridized carbons (Fsp3) is 0.387. The van der Waals surface area contributed by atoms with Gasteiger partial charge in [0.05, 0.1) is 18.8 Å². The first kappa shape index (κ1) is 31.0. The maximum Gasteiger partial charge on any atom is 0.225 e. The largest absolute Gasteiger partial charge is 0.494 e. The number of ether oxygens (including phenoxy) is 1. The SMILES string of the molecule is Cc1cccc(OCCCC(C)(C)C(=O)N[C@@H](Cc2cc(F)cc(F)c2)[C@H](O)CNCc2cccc(I)c2)c1. The Morgan fingerprint density at radius 2 is 1.74 bits per heavy atom. The van der Waals surface area contributed by atoms with Crippen molar-refractivity contribution in [2.45, 2.75) is 58.7 Å². The number of aryl methyl sites for hydroxylation is 1. The molecule has 3 rings (SSSR count). The number of carbonyl (C=O) groups is 1. The van der Waals surface area contributed by atoms with Crippen LogP contribution in [0.5, 0.6) is 5.75 Å². The van der Waals surface area contributed by atoms with Gasteiger partial charge in [0, 0.05) is 28.1 Å². The minimum atomic E-state index is -0.983. The molecule has 8 heteroatoms. The lowest BCUT2D eigenvalue weighted by atomic mass is 9.86. The van der Waals surface area contributed by atoms with E-state index < -0.39 is 29.2 Å². The van der Waals surface area contributed by atoms with E-state index in [1.165, 1.54) is 12.1 Å². The van der Waals surface area contributed by atoms with Crippen LogP contribution in [0.15, 0.2) is 66.7 Å². The van der Waals surface area contributed by atoms with Crippen molar-refractivity contribution in [2.24, 2.45) is 5.41 Å². The van der Waals surface area contributed by atoms with E-state index in [2.05, 4.69) is 33.2 Å².